The molecule has 1 heterocycles. The number of cyclic esters (lactones) is 1. The van der Waals surface area contributed by atoms with Gasteiger partial charge in [-0.25, -0.2) is 0 Å². The van der Waals surface area contributed by atoms with Gasteiger partial charge in [0, 0.05) is 0 Å². The average Bonchev–Trinajstić information content (AvgIpc) is 3.03. The molecule has 1 saturated heterocycles. The zero-order chi connectivity index (χ0) is 19.1. The molecule has 3 heteroatoms. The number of carbonyl (C=O) groups is 1. The molecule has 0 N–H and O–H groups in total. The van der Waals surface area contributed by atoms with Crippen molar-refractivity contribution in [2.45, 2.75) is 58.2 Å². The van der Waals surface area contributed by atoms with Crippen molar-refractivity contribution in [2.24, 2.45) is 17.3 Å². The van der Waals surface area contributed by atoms with Crippen LogP contribution in [0.1, 0.15) is 51.9 Å². The molecule has 3 nitrogen and oxygen atoms in total. The van der Waals surface area contributed by atoms with Crippen LogP contribution in [0.5, 0.6) is 5.75 Å². The summed E-state index contributed by atoms with van der Waals surface area (Å²) in [4.78, 5) is 12.5. The van der Waals surface area contributed by atoms with Crippen molar-refractivity contribution in [1.82, 2.24) is 0 Å². The van der Waals surface area contributed by atoms with E-state index in [1.165, 1.54) is 43.1 Å². The molecule has 0 amide bonds. The van der Waals surface area contributed by atoms with Gasteiger partial charge in [-0.15, -0.1) is 0 Å². The fourth-order valence-corrected chi connectivity index (χ4v) is 5.39. The van der Waals surface area contributed by atoms with Gasteiger partial charge >= 0.3 is 5.97 Å². The quantitative estimate of drug-likeness (QED) is 0.485. The Morgan fingerprint density at radius 2 is 1.82 bits per heavy atom. The highest BCUT2D eigenvalue weighted by atomic mass is 16.7. The van der Waals surface area contributed by atoms with Crippen LogP contribution < -0.4 is 4.74 Å². The minimum Gasteiger partial charge on any atom is -0.454 e. The summed E-state index contributed by atoms with van der Waals surface area (Å²) in [5.74, 6) is 0.643. The van der Waals surface area contributed by atoms with E-state index in [0.29, 0.717) is 5.41 Å². The van der Waals surface area contributed by atoms with Crippen molar-refractivity contribution >= 4 is 16.7 Å². The van der Waals surface area contributed by atoms with Crippen LogP contribution in [0.25, 0.3) is 10.8 Å². The zero-order valence-electron chi connectivity index (χ0n) is 16.5. The van der Waals surface area contributed by atoms with Crippen molar-refractivity contribution in [2.75, 3.05) is 0 Å². The van der Waals surface area contributed by atoms with E-state index in [-0.39, 0.29) is 17.8 Å². The lowest BCUT2D eigenvalue weighted by atomic mass is 9.65. The summed E-state index contributed by atoms with van der Waals surface area (Å²) >= 11 is 0. The van der Waals surface area contributed by atoms with Crippen molar-refractivity contribution in [3.05, 3.63) is 54.1 Å². The summed E-state index contributed by atoms with van der Waals surface area (Å²) in [6.45, 7) is 2.41. The number of carbonyl (C=O) groups excluding carboxylic acids is 1. The van der Waals surface area contributed by atoms with E-state index < -0.39 is 6.29 Å². The Morgan fingerprint density at radius 1 is 1.04 bits per heavy atom. The molecular weight excluding hydrogens is 348 g/mol. The third-order valence-corrected chi connectivity index (χ3v) is 7.14. The van der Waals surface area contributed by atoms with Crippen molar-refractivity contribution in [1.29, 1.82) is 0 Å². The van der Waals surface area contributed by atoms with Crippen LogP contribution >= 0.6 is 0 Å². The van der Waals surface area contributed by atoms with E-state index in [1.807, 2.05) is 24.3 Å². The van der Waals surface area contributed by atoms with Crippen LogP contribution in [0, 0.1) is 17.3 Å². The Balaban J connectivity index is 1.41. The third kappa shape index (κ3) is 3.11. The SMILES string of the molecule is CC1(C2=C[C@H]3[C@H](Oc4ccc5ccccc5c4)OC(=O)[C@H]3CC2)CCCCC1. The van der Waals surface area contributed by atoms with Gasteiger partial charge in [0.2, 0.25) is 0 Å². The molecular formula is C25H28O3. The standard InChI is InChI=1S/C25H28O3/c1-25(13-5-2-6-14-25)19-10-12-21-22(16-19)24(28-23(21)26)27-20-11-9-17-7-3-4-8-18(17)15-20/h3-4,7-9,11,15-16,21-22,24H,2,5-6,10,12-14H2,1H3/t21-,22+,24+/m0/s1. The van der Waals surface area contributed by atoms with Crippen LogP contribution in [-0.2, 0) is 9.53 Å². The van der Waals surface area contributed by atoms with Crippen LogP contribution in [0.15, 0.2) is 54.1 Å². The molecule has 0 spiro atoms. The molecule has 3 atom stereocenters. The van der Waals surface area contributed by atoms with Crippen LogP contribution in [0.4, 0.5) is 0 Å². The molecule has 3 aliphatic rings. The molecule has 0 radical (unpaired) electrons. The summed E-state index contributed by atoms with van der Waals surface area (Å²) in [6, 6.07) is 14.3. The van der Waals surface area contributed by atoms with E-state index in [1.54, 1.807) is 0 Å². The van der Waals surface area contributed by atoms with Gasteiger partial charge in [0.1, 0.15) is 5.75 Å². The number of benzene rings is 2. The first kappa shape index (κ1) is 17.8. The molecule has 1 aliphatic heterocycles. The number of ether oxygens (including phenoxy) is 2. The Labute approximate surface area is 166 Å². The Morgan fingerprint density at radius 3 is 2.64 bits per heavy atom. The maximum atomic E-state index is 12.5. The van der Waals surface area contributed by atoms with Gasteiger partial charge in [0.25, 0.3) is 6.29 Å². The van der Waals surface area contributed by atoms with Crippen molar-refractivity contribution in [3.63, 3.8) is 0 Å². The molecule has 0 bridgehead atoms. The number of allylic oxidation sites excluding steroid dienone is 1. The molecule has 0 unspecified atom stereocenters. The maximum Gasteiger partial charge on any atom is 0.312 e. The van der Waals surface area contributed by atoms with Crippen LogP contribution in [-0.4, -0.2) is 12.3 Å². The molecule has 0 aromatic heterocycles. The van der Waals surface area contributed by atoms with Crippen LogP contribution in [0.2, 0.25) is 0 Å². The first-order valence-electron chi connectivity index (χ1n) is 10.7. The van der Waals surface area contributed by atoms with E-state index in [0.717, 1.165) is 24.0 Å². The molecule has 28 heavy (non-hydrogen) atoms. The third-order valence-electron chi connectivity index (χ3n) is 7.14. The summed E-state index contributed by atoms with van der Waals surface area (Å²) < 4.78 is 11.9. The topological polar surface area (TPSA) is 35.5 Å². The highest BCUT2D eigenvalue weighted by Gasteiger charge is 2.48. The zero-order valence-corrected chi connectivity index (χ0v) is 16.5. The van der Waals surface area contributed by atoms with E-state index in [2.05, 4.69) is 31.2 Å². The number of fused-ring (bicyclic) bond motifs is 2. The average molecular weight is 376 g/mol. The van der Waals surface area contributed by atoms with E-state index in [9.17, 15) is 4.79 Å². The van der Waals surface area contributed by atoms with Crippen molar-refractivity contribution < 1.29 is 14.3 Å². The minimum absolute atomic E-state index is 0.0291. The smallest absolute Gasteiger partial charge is 0.312 e. The Kier molecular flexibility index (Phi) is 4.41. The second kappa shape index (κ2) is 6.95. The second-order valence-electron chi connectivity index (χ2n) is 8.97. The number of esters is 1. The normalized spacial score (nSPS) is 29.1. The lowest BCUT2D eigenvalue weighted by molar-refractivity contribution is -0.153. The first-order valence-corrected chi connectivity index (χ1v) is 10.7. The summed E-state index contributed by atoms with van der Waals surface area (Å²) in [7, 11) is 0. The molecule has 2 aromatic rings. The first-order chi connectivity index (χ1) is 13.6. The number of hydrogen-bond donors (Lipinski definition) is 0. The highest BCUT2D eigenvalue weighted by Crippen LogP contribution is 2.49. The van der Waals surface area contributed by atoms with Gasteiger partial charge < -0.3 is 9.47 Å². The van der Waals surface area contributed by atoms with Gasteiger partial charge in [0.05, 0.1) is 11.8 Å². The predicted octanol–water partition coefficient (Wildman–Crippen LogP) is 6.02. The molecule has 2 aromatic carbocycles. The Bertz CT molecular complexity index is 922. The lowest BCUT2D eigenvalue weighted by Crippen LogP contribution is -2.31. The summed E-state index contributed by atoms with van der Waals surface area (Å²) in [5, 5.41) is 2.32. The minimum atomic E-state index is -0.513. The van der Waals surface area contributed by atoms with E-state index >= 15 is 0 Å². The van der Waals surface area contributed by atoms with Gasteiger partial charge in [-0.3, -0.25) is 4.79 Å². The largest absolute Gasteiger partial charge is 0.454 e. The number of rotatable bonds is 3. The van der Waals surface area contributed by atoms with Crippen LogP contribution in [0.3, 0.4) is 0 Å². The molecule has 5 rings (SSSR count). The molecule has 2 aliphatic carbocycles. The predicted molar refractivity (Wildman–Crippen MR) is 110 cm³/mol. The van der Waals surface area contributed by atoms with Gasteiger partial charge in [0.15, 0.2) is 0 Å². The Hall–Kier alpha value is -2.29. The van der Waals surface area contributed by atoms with Crippen molar-refractivity contribution in [3.8, 4) is 5.75 Å². The monoisotopic (exact) mass is 376 g/mol. The summed E-state index contributed by atoms with van der Waals surface area (Å²) in [6.07, 6.45) is 10.3. The molecule has 1 saturated carbocycles. The van der Waals surface area contributed by atoms with E-state index in [4.69, 9.17) is 9.47 Å². The molecule has 146 valence electrons. The molecule has 2 fully saturated rings. The fourth-order valence-electron chi connectivity index (χ4n) is 5.39. The fraction of sp³-hybridized carbons (Fsp3) is 0.480. The summed E-state index contributed by atoms with van der Waals surface area (Å²) in [5.41, 5.74) is 1.82. The highest BCUT2D eigenvalue weighted by molar-refractivity contribution is 5.83. The van der Waals surface area contributed by atoms with Gasteiger partial charge in [-0.1, -0.05) is 68.2 Å². The maximum absolute atomic E-state index is 12.5. The second-order valence-corrected chi connectivity index (χ2v) is 8.97. The lowest BCUT2D eigenvalue weighted by Gasteiger charge is -2.39. The van der Waals surface area contributed by atoms with Gasteiger partial charge in [-0.2, -0.15) is 0 Å². The van der Waals surface area contributed by atoms with Gasteiger partial charge in [-0.05, 0) is 54.0 Å². The number of hydrogen-bond acceptors (Lipinski definition) is 3.